The third kappa shape index (κ3) is 1.74. The summed E-state index contributed by atoms with van der Waals surface area (Å²) in [5, 5.41) is 2.29. The number of aromatic nitrogens is 1. The summed E-state index contributed by atoms with van der Waals surface area (Å²) in [6.07, 6.45) is 0. The smallest absolute Gasteiger partial charge is 0.0964 e. The number of nitrogens with zero attached hydrogens (tertiary/aromatic N) is 1. The van der Waals surface area contributed by atoms with Crippen LogP contribution >= 0.6 is 34.5 Å². The van der Waals surface area contributed by atoms with Crippen LogP contribution in [0.5, 0.6) is 0 Å². The summed E-state index contributed by atoms with van der Waals surface area (Å²) in [5.74, 6) is 0.449. The van der Waals surface area contributed by atoms with Crippen molar-refractivity contribution in [2.45, 2.75) is 19.8 Å². The predicted octanol–water partition coefficient (Wildman–Crippen LogP) is 4.73. The summed E-state index contributed by atoms with van der Waals surface area (Å²) in [6.45, 7) is 4.25. The molecule has 0 radical (unpaired) electrons. The van der Waals surface area contributed by atoms with Gasteiger partial charge in [0.25, 0.3) is 0 Å². The predicted molar refractivity (Wildman–Crippen MR) is 63.7 cm³/mol. The second-order valence-corrected chi connectivity index (χ2v) is 5.32. The van der Waals surface area contributed by atoms with Crippen molar-refractivity contribution in [1.82, 2.24) is 4.98 Å². The van der Waals surface area contributed by atoms with E-state index in [-0.39, 0.29) is 0 Å². The molecule has 2 aromatic rings. The van der Waals surface area contributed by atoms with Crippen molar-refractivity contribution < 1.29 is 0 Å². The molecular formula is C10H9Cl2NS. The molecule has 0 amide bonds. The molecule has 74 valence electrons. The summed E-state index contributed by atoms with van der Waals surface area (Å²) in [4.78, 5) is 4.49. The zero-order chi connectivity index (χ0) is 10.3. The Morgan fingerprint density at radius 1 is 1.21 bits per heavy atom. The highest BCUT2D eigenvalue weighted by atomic mass is 35.5. The third-order valence-corrected chi connectivity index (χ3v) is 3.98. The van der Waals surface area contributed by atoms with E-state index in [4.69, 9.17) is 23.2 Å². The second kappa shape index (κ2) is 3.69. The van der Waals surface area contributed by atoms with Crippen LogP contribution < -0.4 is 0 Å². The van der Waals surface area contributed by atoms with Crippen LogP contribution in [0.25, 0.3) is 10.2 Å². The molecule has 0 aliphatic rings. The van der Waals surface area contributed by atoms with Gasteiger partial charge in [-0.15, -0.1) is 11.3 Å². The molecule has 0 bridgehead atoms. The highest BCUT2D eigenvalue weighted by molar-refractivity contribution is 7.18. The third-order valence-electron chi connectivity index (χ3n) is 1.94. The summed E-state index contributed by atoms with van der Waals surface area (Å²) in [7, 11) is 0. The van der Waals surface area contributed by atoms with Crippen LogP contribution in [0.15, 0.2) is 12.1 Å². The van der Waals surface area contributed by atoms with Crippen LogP contribution in [0.4, 0.5) is 0 Å². The Labute approximate surface area is 96.7 Å². The number of benzene rings is 1. The number of hydrogen-bond donors (Lipinski definition) is 0. The zero-order valence-corrected chi connectivity index (χ0v) is 10.2. The van der Waals surface area contributed by atoms with Crippen molar-refractivity contribution >= 4 is 44.8 Å². The Bertz CT molecular complexity index is 437. The number of fused-ring (bicyclic) bond motifs is 1. The Hall–Kier alpha value is -0.310. The number of halogens is 2. The van der Waals surface area contributed by atoms with Crippen LogP contribution in [0.3, 0.4) is 0 Å². The van der Waals surface area contributed by atoms with E-state index in [1.54, 1.807) is 11.3 Å². The van der Waals surface area contributed by atoms with Crippen molar-refractivity contribution in [2.75, 3.05) is 0 Å². The van der Waals surface area contributed by atoms with Crippen molar-refractivity contribution in [3.63, 3.8) is 0 Å². The van der Waals surface area contributed by atoms with Gasteiger partial charge in [0.2, 0.25) is 0 Å². The number of hydrogen-bond acceptors (Lipinski definition) is 2. The molecule has 0 atom stereocenters. The molecule has 0 saturated carbocycles. The first kappa shape index (κ1) is 10.2. The monoisotopic (exact) mass is 245 g/mol. The van der Waals surface area contributed by atoms with E-state index in [9.17, 15) is 0 Å². The van der Waals surface area contributed by atoms with Gasteiger partial charge in [-0.3, -0.25) is 0 Å². The van der Waals surface area contributed by atoms with Gasteiger partial charge < -0.3 is 0 Å². The molecule has 2 rings (SSSR count). The quantitative estimate of drug-likeness (QED) is 0.709. The summed E-state index contributed by atoms with van der Waals surface area (Å²) < 4.78 is 1.10. The molecule has 4 heteroatoms. The Morgan fingerprint density at radius 3 is 2.50 bits per heavy atom. The average Bonchev–Trinajstić information content (AvgIpc) is 2.48. The first-order chi connectivity index (χ1) is 6.58. The number of thiazole rings is 1. The summed E-state index contributed by atoms with van der Waals surface area (Å²) >= 11 is 13.5. The molecule has 0 fully saturated rings. The van der Waals surface area contributed by atoms with Gasteiger partial charge in [-0.25, -0.2) is 4.98 Å². The van der Waals surface area contributed by atoms with Gasteiger partial charge in [-0.2, -0.15) is 0 Å². The topological polar surface area (TPSA) is 12.9 Å². The first-order valence-electron chi connectivity index (χ1n) is 4.33. The maximum Gasteiger partial charge on any atom is 0.0964 e. The Balaban J connectivity index is 2.66. The average molecular weight is 246 g/mol. The molecule has 14 heavy (non-hydrogen) atoms. The van der Waals surface area contributed by atoms with E-state index < -0.39 is 0 Å². The van der Waals surface area contributed by atoms with E-state index in [2.05, 4.69) is 18.8 Å². The first-order valence-corrected chi connectivity index (χ1v) is 5.90. The molecule has 0 saturated heterocycles. The molecule has 0 aliphatic carbocycles. The molecule has 0 N–H and O–H groups in total. The van der Waals surface area contributed by atoms with Gasteiger partial charge in [-0.05, 0) is 12.1 Å². The fraction of sp³-hybridized carbons (Fsp3) is 0.300. The van der Waals surface area contributed by atoms with E-state index in [0.29, 0.717) is 16.0 Å². The highest BCUT2D eigenvalue weighted by Gasteiger charge is 2.09. The summed E-state index contributed by atoms with van der Waals surface area (Å²) in [6, 6.07) is 3.70. The molecule has 0 spiro atoms. The van der Waals surface area contributed by atoms with Crippen molar-refractivity contribution in [3.8, 4) is 0 Å². The fourth-order valence-electron chi connectivity index (χ4n) is 1.19. The lowest BCUT2D eigenvalue weighted by Gasteiger charge is -1.94. The zero-order valence-electron chi connectivity index (χ0n) is 7.84. The van der Waals surface area contributed by atoms with Gasteiger partial charge in [0, 0.05) is 5.92 Å². The van der Waals surface area contributed by atoms with E-state index in [1.807, 2.05) is 12.1 Å². The maximum atomic E-state index is 5.92. The van der Waals surface area contributed by atoms with Crippen LogP contribution in [-0.4, -0.2) is 4.98 Å². The van der Waals surface area contributed by atoms with Crippen molar-refractivity contribution in [1.29, 1.82) is 0 Å². The largest absolute Gasteiger partial charge is 0.241 e. The molecular weight excluding hydrogens is 237 g/mol. The highest BCUT2D eigenvalue weighted by Crippen LogP contribution is 2.33. The van der Waals surface area contributed by atoms with Crippen molar-refractivity contribution in [2.24, 2.45) is 0 Å². The minimum Gasteiger partial charge on any atom is -0.241 e. The molecule has 1 aromatic carbocycles. The minimum absolute atomic E-state index is 0.449. The lowest BCUT2D eigenvalue weighted by molar-refractivity contribution is 0.857. The van der Waals surface area contributed by atoms with E-state index in [0.717, 1.165) is 15.2 Å². The molecule has 1 nitrogen and oxygen atoms in total. The van der Waals surface area contributed by atoms with Gasteiger partial charge in [0.15, 0.2) is 0 Å². The van der Waals surface area contributed by atoms with Crippen LogP contribution in [0, 0.1) is 0 Å². The molecule has 0 aliphatic heterocycles. The molecule has 1 aromatic heterocycles. The van der Waals surface area contributed by atoms with Gasteiger partial charge >= 0.3 is 0 Å². The maximum absolute atomic E-state index is 5.92. The minimum atomic E-state index is 0.449. The van der Waals surface area contributed by atoms with Crippen LogP contribution in [0.2, 0.25) is 10.0 Å². The SMILES string of the molecule is CC(C)c1nc2cc(Cl)c(Cl)cc2s1. The summed E-state index contributed by atoms with van der Waals surface area (Å²) in [5.41, 5.74) is 0.938. The van der Waals surface area contributed by atoms with Crippen LogP contribution in [-0.2, 0) is 0 Å². The molecule has 0 unspecified atom stereocenters. The van der Waals surface area contributed by atoms with Crippen molar-refractivity contribution in [3.05, 3.63) is 27.2 Å². The van der Waals surface area contributed by atoms with E-state index in [1.165, 1.54) is 0 Å². The van der Waals surface area contributed by atoms with Gasteiger partial charge in [0.1, 0.15) is 0 Å². The Kier molecular flexibility index (Phi) is 2.69. The standard InChI is InChI=1S/C10H9Cl2NS/c1-5(2)10-13-8-3-6(11)7(12)4-9(8)14-10/h3-5H,1-2H3. The second-order valence-electron chi connectivity index (χ2n) is 3.44. The fourth-order valence-corrected chi connectivity index (χ4v) is 2.57. The Morgan fingerprint density at radius 2 is 1.86 bits per heavy atom. The number of rotatable bonds is 1. The van der Waals surface area contributed by atoms with E-state index >= 15 is 0 Å². The van der Waals surface area contributed by atoms with Crippen LogP contribution in [0.1, 0.15) is 24.8 Å². The van der Waals surface area contributed by atoms with Gasteiger partial charge in [0.05, 0.1) is 25.3 Å². The lowest BCUT2D eigenvalue weighted by atomic mass is 10.2. The molecule has 1 heterocycles. The lowest BCUT2D eigenvalue weighted by Crippen LogP contribution is -1.82. The van der Waals surface area contributed by atoms with Gasteiger partial charge in [-0.1, -0.05) is 37.0 Å². The normalized spacial score (nSPS) is 11.5.